The molecule has 1 aromatic carbocycles. The maximum atomic E-state index is 11.3. The molecule has 0 saturated carbocycles. The molecule has 5 nitrogen and oxygen atoms in total. The van der Waals surface area contributed by atoms with Crippen molar-refractivity contribution >= 4 is 11.7 Å². The van der Waals surface area contributed by atoms with Crippen LogP contribution in [0, 0.1) is 0 Å². The molecule has 1 atom stereocenters. The molecule has 19 heavy (non-hydrogen) atoms. The number of carbonyl (C=O) groups excluding carboxylic acids is 1. The topological polar surface area (TPSA) is 59.6 Å². The molecule has 2 N–H and O–H groups in total. The maximum Gasteiger partial charge on any atom is 0.337 e. The van der Waals surface area contributed by atoms with Crippen LogP contribution in [-0.4, -0.2) is 45.4 Å². The van der Waals surface area contributed by atoms with E-state index in [1.54, 1.807) is 12.1 Å². The molecule has 1 aliphatic heterocycles. The van der Waals surface area contributed by atoms with Gasteiger partial charge in [-0.2, -0.15) is 0 Å². The third-order valence-electron chi connectivity index (χ3n) is 3.11. The van der Waals surface area contributed by atoms with Crippen molar-refractivity contribution in [2.45, 2.75) is 12.5 Å². The summed E-state index contributed by atoms with van der Waals surface area (Å²) in [5.74, 6) is -0.312. The van der Waals surface area contributed by atoms with E-state index in [-0.39, 0.29) is 12.1 Å². The minimum absolute atomic E-state index is 0.288. The molecule has 0 radical (unpaired) electrons. The third kappa shape index (κ3) is 4.22. The summed E-state index contributed by atoms with van der Waals surface area (Å²) in [7, 11) is 1.38. The van der Waals surface area contributed by atoms with Crippen LogP contribution < -0.4 is 10.6 Å². The zero-order valence-electron chi connectivity index (χ0n) is 11.1. The smallest absolute Gasteiger partial charge is 0.337 e. The van der Waals surface area contributed by atoms with Gasteiger partial charge in [-0.1, -0.05) is 0 Å². The molecule has 1 aliphatic rings. The van der Waals surface area contributed by atoms with Crippen molar-refractivity contribution in [2.24, 2.45) is 0 Å². The number of rotatable bonds is 5. The van der Waals surface area contributed by atoms with Gasteiger partial charge in [0.2, 0.25) is 0 Å². The first-order valence-electron chi connectivity index (χ1n) is 6.54. The number of nitrogens with one attached hydrogen (secondary N) is 2. The van der Waals surface area contributed by atoms with E-state index in [1.165, 1.54) is 7.11 Å². The van der Waals surface area contributed by atoms with E-state index in [0.29, 0.717) is 5.56 Å². The van der Waals surface area contributed by atoms with E-state index in [1.807, 2.05) is 12.1 Å². The Balaban J connectivity index is 1.75. The average Bonchev–Trinajstić information content (AvgIpc) is 2.48. The van der Waals surface area contributed by atoms with Crippen LogP contribution in [0.5, 0.6) is 0 Å². The Kier molecular flexibility index (Phi) is 5.18. The van der Waals surface area contributed by atoms with E-state index in [2.05, 4.69) is 15.4 Å². The zero-order valence-corrected chi connectivity index (χ0v) is 11.1. The van der Waals surface area contributed by atoms with Gasteiger partial charge in [0.15, 0.2) is 0 Å². The minimum Gasteiger partial charge on any atom is -0.465 e. The van der Waals surface area contributed by atoms with Gasteiger partial charge in [0, 0.05) is 25.3 Å². The van der Waals surface area contributed by atoms with Gasteiger partial charge in [0.25, 0.3) is 0 Å². The molecule has 1 fully saturated rings. The highest BCUT2D eigenvalue weighted by atomic mass is 16.5. The van der Waals surface area contributed by atoms with Crippen molar-refractivity contribution in [3.63, 3.8) is 0 Å². The Hall–Kier alpha value is -1.59. The molecule has 0 amide bonds. The predicted octanol–water partition coefficient (Wildman–Crippen LogP) is 1.26. The van der Waals surface area contributed by atoms with Crippen LogP contribution in [0.25, 0.3) is 0 Å². The second kappa shape index (κ2) is 7.11. The fourth-order valence-electron chi connectivity index (χ4n) is 2.02. The number of methoxy groups -OCH3 is 1. The summed E-state index contributed by atoms with van der Waals surface area (Å²) in [6, 6.07) is 7.28. The van der Waals surface area contributed by atoms with Crippen molar-refractivity contribution in [1.29, 1.82) is 0 Å². The maximum absolute atomic E-state index is 11.3. The van der Waals surface area contributed by atoms with Gasteiger partial charge in [0.1, 0.15) is 0 Å². The number of anilines is 1. The van der Waals surface area contributed by atoms with E-state index in [0.717, 1.165) is 38.3 Å². The van der Waals surface area contributed by atoms with Gasteiger partial charge >= 0.3 is 5.97 Å². The normalized spacial score (nSPS) is 18.9. The lowest BCUT2D eigenvalue weighted by atomic mass is 10.2. The molecule has 1 saturated heterocycles. The first-order valence-corrected chi connectivity index (χ1v) is 6.54. The summed E-state index contributed by atoms with van der Waals surface area (Å²) in [5, 5.41) is 6.62. The van der Waals surface area contributed by atoms with E-state index in [4.69, 9.17) is 4.74 Å². The van der Waals surface area contributed by atoms with Gasteiger partial charge < -0.3 is 20.1 Å². The monoisotopic (exact) mass is 264 g/mol. The van der Waals surface area contributed by atoms with Gasteiger partial charge in [-0.15, -0.1) is 0 Å². The standard InChI is InChI=1S/C14H20N2O3/c1-18-14(17)11-2-4-12(5-3-11)16-7-6-13-10-15-8-9-19-13/h2-5,13,15-16H,6-10H2,1H3. The SMILES string of the molecule is COC(=O)c1ccc(NCCC2CNCCO2)cc1. The van der Waals surface area contributed by atoms with Crippen LogP contribution in [0.15, 0.2) is 24.3 Å². The predicted molar refractivity (Wildman–Crippen MR) is 73.5 cm³/mol. The summed E-state index contributed by atoms with van der Waals surface area (Å²) >= 11 is 0. The Morgan fingerprint density at radius 2 is 2.26 bits per heavy atom. The van der Waals surface area contributed by atoms with Crippen molar-refractivity contribution in [2.75, 3.05) is 38.7 Å². The first-order chi connectivity index (χ1) is 9.29. The van der Waals surface area contributed by atoms with Crippen LogP contribution in [0.1, 0.15) is 16.8 Å². The summed E-state index contributed by atoms with van der Waals surface area (Å²) in [5.41, 5.74) is 1.56. The van der Waals surface area contributed by atoms with E-state index in [9.17, 15) is 4.79 Å². The average molecular weight is 264 g/mol. The minimum atomic E-state index is -0.312. The highest BCUT2D eigenvalue weighted by Crippen LogP contribution is 2.11. The fraction of sp³-hybridized carbons (Fsp3) is 0.500. The molecule has 0 bridgehead atoms. The highest BCUT2D eigenvalue weighted by molar-refractivity contribution is 5.89. The van der Waals surface area contributed by atoms with Crippen LogP contribution >= 0.6 is 0 Å². The molecule has 104 valence electrons. The van der Waals surface area contributed by atoms with Gasteiger partial charge in [-0.25, -0.2) is 4.79 Å². The molecule has 0 spiro atoms. The molecule has 0 aliphatic carbocycles. The molecular weight excluding hydrogens is 244 g/mol. The Bertz CT molecular complexity index is 400. The molecule has 0 aromatic heterocycles. The summed E-state index contributed by atoms with van der Waals surface area (Å²) < 4.78 is 10.3. The molecule has 1 heterocycles. The zero-order chi connectivity index (χ0) is 13.5. The molecule has 2 rings (SSSR count). The third-order valence-corrected chi connectivity index (χ3v) is 3.11. The first kappa shape index (κ1) is 13.8. The van der Waals surface area contributed by atoms with E-state index >= 15 is 0 Å². The number of esters is 1. The van der Waals surface area contributed by atoms with Gasteiger partial charge in [0.05, 0.1) is 25.4 Å². The van der Waals surface area contributed by atoms with Crippen molar-refractivity contribution < 1.29 is 14.3 Å². The summed E-state index contributed by atoms with van der Waals surface area (Å²) in [4.78, 5) is 11.3. The largest absolute Gasteiger partial charge is 0.465 e. The Morgan fingerprint density at radius 3 is 2.89 bits per heavy atom. The second-order valence-corrected chi connectivity index (χ2v) is 4.48. The lowest BCUT2D eigenvalue weighted by Gasteiger charge is -2.23. The number of hydrogen-bond donors (Lipinski definition) is 2. The highest BCUT2D eigenvalue weighted by Gasteiger charge is 2.12. The van der Waals surface area contributed by atoms with Gasteiger partial charge in [-0.05, 0) is 30.7 Å². The lowest BCUT2D eigenvalue weighted by Crippen LogP contribution is -2.39. The van der Waals surface area contributed by atoms with Crippen LogP contribution in [0.3, 0.4) is 0 Å². The van der Waals surface area contributed by atoms with Crippen molar-refractivity contribution in [1.82, 2.24) is 5.32 Å². The van der Waals surface area contributed by atoms with E-state index < -0.39 is 0 Å². The molecule has 1 unspecified atom stereocenters. The Labute approximate surface area is 113 Å². The fourth-order valence-corrected chi connectivity index (χ4v) is 2.02. The molecule has 1 aromatic rings. The quantitative estimate of drug-likeness (QED) is 0.784. The van der Waals surface area contributed by atoms with Gasteiger partial charge in [-0.3, -0.25) is 0 Å². The number of hydrogen-bond acceptors (Lipinski definition) is 5. The lowest BCUT2D eigenvalue weighted by molar-refractivity contribution is 0.0258. The number of morpholine rings is 1. The second-order valence-electron chi connectivity index (χ2n) is 4.48. The number of ether oxygens (including phenoxy) is 2. The number of carbonyl (C=O) groups is 1. The number of benzene rings is 1. The summed E-state index contributed by atoms with van der Waals surface area (Å²) in [6.45, 7) is 3.50. The Morgan fingerprint density at radius 1 is 1.47 bits per heavy atom. The molecule has 5 heteroatoms. The van der Waals surface area contributed by atoms with Crippen LogP contribution in [0.2, 0.25) is 0 Å². The van der Waals surface area contributed by atoms with Crippen molar-refractivity contribution in [3.05, 3.63) is 29.8 Å². The van der Waals surface area contributed by atoms with Crippen LogP contribution in [-0.2, 0) is 9.47 Å². The van der Waals surface area contributed by atoms with Crippen LogP contribution in [0.4, 0.5) is 5.69 Å². The summed E-state index contributed by atoms with van der Waals surface area (Å²) in [6.07, 6.45) is 1.25. The molecular formula is C14H20N2O3. The van der Waals surface area contributed by atoms with Crippen molar-refractivity contribution in [3.8, 4) is 0 Å².